The molecule has 0 aliphatic carbocycles. The van der Waals surface area contributed by atoms with Crippen LogP contribution >= 0.6 is 0 Å². The van der Waals surface area contributed by atoms with Gasteiger partial charge in [0.05, 0.1) is 16.5 Å². The average molecular weight is 289 g/mol. The van der Waals surface area contributed by atoms with Crippen LogP contribution in [0.5, 0.6) is 5.75 Å². The second-order valence-corrected chi connectivity index (χ2v) is 4.91. The van der Waals surface area contributed by atoms with Crippen molar-refractivity contribution in [3.8, 4) is 5.75 Å². The molecule has 0 saturated heterocycles. The number of pyridine rings is 1. The molecule has 0 saturated carbocycles. The van der Waals surface area contributed by atoms with E-state index in [0.29, 0.717) is 12.5 Å². The number of hydrogen-bond donors (Lipinski definition) is 1. The Hall–Kier alpha value is -2.70. The zero-order chi connectivity index (χ0) is 15.4. The topological polar surface area (TPSA) is 97.9 Å². The highest BCUT2D eigenvalue weighted by Crippen LogP contribution is 2.33. The molecule has 7 heteroatoms. The molecule has 2 aromatic rings. The summed E-state index contributed by atoms with van der Waals surface area (Å²) in [7, 11) is 0. The van der Waals surface area contributed by atoms with Crippen LogP contribution in [-0.2, 0) is 4.84 Å². The fourth-order valence-corrected chi connectivity index (χ4v) is 1.77. The largest absolute Gasteiger partial charge is 0.505 e. The third-order valence-electron chi connectivity index (χ3n) is 2.74. The molecule has 0 amide bonds. The van der Waals surface area contributed by atoms with Crippen molar-refractivity contribution in [2.24, 2.45) is 11.1 Å². The first-order chi connectivity index (χ1) is 10.0. The molecule has 7 nitrogen and oxygen atoms in total. The Bertz CT molecular complexity index is 698. The Morgan fingerprint density at radius 1 is 1.57 bits per heavy atom. The number of hydrogen-bond acceptors (Lipinski definition) is 6. The number of aromatic hydroxyl groups is 1. The van der Waals surface area contributed by atoms with Crippen LogP contribution in [0.1, 0.15) is 19.4 Å². The van der Waals surface area contributed by atoms with Crippen molar-refractivity contribution in [1.82, 2.24) is 4.98 Å². The summed E-state index contributed by atoms with van der Waals surface area (Å²) in [4.78, 5) is 19.6. The Balaban J connectivity index is 2.45. The molecule has 1 aromatic carbocycles. The molecule has 1 aromatic heterocycles. The van der Waals surface area contributed by atoms with Gasteiger partial charge in [0.1, 0.15) is 12.1 Å². The molecule has 2 rings (SSSR count). The van der Waals surface area contributed by atoms with Crippen molar-refractivity contribution in [3.63, 3.8) is 0 Å². The maximum atomic E-state index is 11.1. The molecule has 1 heterocycles. The van der Waals surface area contributed by atoms with Crippen LogP contribution in [0.2, 0.25) is 0 Å². The number of benzene rings is 1. The molecule has 0 atom stereocenters. The SMILES string of the molecule is CC(C)CO/N=C/c1cc([N+](=O)[O-])c2cccnc2c1O. The number of nitro groups is 1. The number of non-ortho nitro benzene ring substituents is 1. The van der Waals surface area contributed by atoms with Crippen LogP contribution in [0.25, 0.3) is 10.9 Å². The highest BCUT2D eigenvalue weighted by molar-refractivity contribution is 5.99. The van der Waals surface area contributed by atoms with Crippen molar-refractivity contribution in [2.45, 2.75) is 13.8 Å². The first-order valence-corrected chi connectivity index (χ1v) is 6.41. The number of nitrogens with zero attached hydrogens (tertiary/aromatic N) is 3. The summed E-state index contributed by atoms with van der Waals surface area (Å²) < 4.78 is 0. The van der Waals surface area contributed by atoms with Gasteiger partial charge in [0.15, 0.2) is 5.75 Å². The van der Waals surface area contributed by atoms with E-state index >= 15 is 0 Å². The summed E-state index contributed by atoms with van der Waals surface area (Å²) in [5.74, 6) is 0.149. The lowest BCUT2D eigenvalue weighted by molar-refractivity contribution is -0.383. The van der Waals surface area contributed by atoms with Crippen molar-refractivity contribution in [3.05, 3.63) is 40.1 Å². The van der Waals surface area contributed by atoms with Gasteiger partial charge in [-0.1, -0.05) is 19.0 Å². The maximum absolute atomic E-state index is 11.1. The van der Waals surface area contributed by atoms with E-state index in [1.807, 2.05) is 13.8 Å². The zero-order valence-corrected chi connectivity index (χ0v) is 11.7. The van der Waals surface area contributed by atoms with E-state index in [1.54, 1.807) is 6.07 Å². The number of fused-ring (bicyclic) bond motifs is 1. The lowest BCUT2D eigenvalue weighted by Gasteiger charge is -2.05. The monoisotopic (exact) mass is 289 g/mol. The van der Waals surface area contributed by atoms with Gasteiger partial charge in [-0.25, -0.2) is 0 Å². The van der Waals surface area contributed by atoms with Crippen LogP contribution in [0, 0.1) is 16.0 Å². The van der Waals surface area contributed by atoms with E-state index in [4.69, 9.17) is 4.84 Å². The minimum absolute atomic E-state index is 0.138. The summed E-state index contributed by atoms with van der Waals surface area (Å²) in [6.07, 6.45) is 2.71. The van der Waals surface area contributed by atoms with Gasteiger partial charge in [-0.05, 0) is 18.1 Å². The summed E-state index contributed by atoms with van der Waals surface area (Å²) in [6.45, 7) is 4.36. The molecule has 0 aliphatic heterocycles. The maximum Gasteiger partial charge on any atom is 0.279 e. The van der Waals surface area contributed by atoms with E-state index in [9.17, 15) is 15.2 Å². The molecule has 0 spiro atoms. The van der Waals surface area contributed by atoms with Crippen LogP contribution in [-0.4, -0.2) is 27.8 Å². The van der Waals surface area contributed by atoms with Gasteiger partial charge in [0, 0.05) is 17.8 Å². The quantitative estimate of drug-likeness (QED) is 0.518. The fraction of sp³-hybridized carbons (Fsp3) is 0.286. The first-order valence-electron chi connectivity index (χ1n) is 6.41. The molecule has 0 bridgehead atoms. The number of rotatable bonds is 5. The average Bonchev–Trinajstić information content (AvgIpc) is 2.45. The van der Waals surface area contributed by atoms with Gasteiger partial charge in [0.2, 0.25) is 0 Å². The summed E-state index contributed by atoms with van der Waals surface area (Å²) in [6, 6.07) is 4.37. The van der Waals surface area contributed by atoms with E-state index < -0.39 is 4.92 Å². The van der Waals surface area contributed by atoms with E-state index in [0.717, 1.165) is 0 Å². The standard InChI is InChI=1S/C14H15N3O4/c1-9(2)8-21-16-7-10-6-12(17(19)20)11-4-3-5-15-13(11)14(10)18/h3-7,9,18H,8H2,1-2H3/b16-7+. The Labute approximate surface area is 121 Å². The second-order valence-electron chi connectivity index (χ2n) is 4.91. The molecular weight excluding hydrogens is 274 g/mol. The van der Waals surface area contributed by atoms with Gasteiger partial charge in [-0.15, -0.1) is 0 Å². The molecular formula is C14H15N3O4. The highest BCUT2D eigenvalue weighted by atomic mass is 16.6. The summed E-state index contributed by atoms with van der Waals surface area (Å²) in [5.41, 5.74) is 0.217. The van der Waals surface area contributed by atoms with Crippen LogP contribution in [0.3, 0.4) is 0 Å². The summed E-state index contributed by atoms with van der Waals surface area (Å²) in [5, 5.41) is 25.2. The highest BCUT2D eigenvalue weighted by Gasteiger charge is 2.18. The Morgan fingerprint density at radius 2 is 2.33 bits per heavy atom. The van der Waals surface area contributed by atoms with Crippen molar-refractivity contribution in [1.29, 1.82) is 0 Å². The smallest absolute Gasteiger partial charge is 0.279 e. The molecule has 110 valence electrons. The zero-order valence-electron chi connectivity index (χ0n) is 11.7. The number of nitro benzene ring substituents is 1. The van der Waals surface area contributed by atoms with Crippen LogP contribution in [0.15, 0.2) is 29.6 Å². The van der Waals surface area contributed by atoms with Gasteiger partial charge >= 0.3 is 0 Å². The predicted molar refractivity (Wildman–Crippen MR) is 78.4 cm³/mol. The van der Waals surface area contributed by atoms with Gasteiger partial charge in [-0.2, -0.15) is 0 Å². The number of phenolic OH excluding ortho intramolecular Hbond substituents is 1. The van der Waals surface area contributed by atoms with Crippen molar-refractivity contribution < 1.29 is 14.9 Å². The van der Waals surface area contributed by atoms with Gasteiger partial charge in [0.25, 0.3) is 5.69 Å². The molecule has 21 heavy (non-hydrogen) atoms. The molecule has 0 radical (unpaired) electrons. The Morgan fingerprint density at radius 3 is 3.00 bits per heavy atom. The van der Waals surface area contributed by atoms with Crippen molar-refractivity contribution in [2.75, 3.05) is 6.61 Å². The summed E-state index contributed by atoms with van der Waals surface area (Å²) >= 11 is 0. The first kappa shape index (κ1) is 14.7. The molecule has 1 N–H and O–H groups in total. The van der Waals surface area contributed by atoms with Gasteiger partial charge < -0.3 is 9.94 Å². The lowest BCUT2D eigenvalue weighted by Crippen LogP contribution is -1.98. The predicted octanol–water partition coefficient (Wildman–Crippen LogP) is 2.86. The minimum Gasteiger partial charge on any atom is -0.505 e. The normalized spacial score (nSPS) is 11.4. The molecule has 0 aliphatic rings. The minimum atomic E-state index is -0.518. The number of oxime groups is 1. The van der Waals surface area contributed by atoms with Gasteiger partial charge in [-0.3, -0.25) is 15.1 Å². The lowest BCUT2D eigenvalue weighted by atomic mass is 10.1. The van der Waals surface area contributed by atoms with E-state index in [-0.39, 0.29) is 27.9 Å². The second kappa shape index (κ2) is 6.17. The van der Waals surface area contributed by atoms with E-state index in [2.05, 4.69) is 10.1 Å². The van der Waals surface area contributed by atoms with Crippen LogP contribution in [0.4, 0.5) is 5.69 Å². The molecule has 0 unspecified atom stereocenters. The van der Waals surface area contributed by atoms with Crippen LogP contribution < -0.4 is 0 Å². The fourth-order valence-electron chi connectivity index (χ4n) is 1.77. The number of phenols is 1. The molecule has 0 fully saturated rings. The number of aromatic nitrogens is 1. The Kier molecular flexibility index (Phi) is 4.32. The van der Waals surface area contributed by atoms with E-state index in [1.165, 1.54) is 24.5 Å². The third kappa shape index (κ3) is 3.25. The van der Waals surface area contributed by atoms with Crippen molar-refractivity contribution >= 4 is 22.8 Å². The third-order valence-corrected chi connectivity index (χ3v) is 2.74.